The number of hydrogen-bond donors (Lipinski definition) is 1. The van der Waals surface area contributed by atoms with Crippen LogP contribution < -0.4 is 4.74 Å². The minimum atomic E-state index is 0.0304. The summed E-state index contributed by atoms with van der Waals surface area (Å²) >= 11 is 0. The Kier molecular flexibility index (Phi) is 5.71. The van der Waals surface area contributed by atoms with E-state index >= 15 is 0 Å². The predicted octanol–water partition coefficient (Wildman–Crippen LogP) is 3.10. The number of rotatable bonds is 5. The maximum absolute atomic E-state index is 12.5. The summed E-state index contributed by atoms with van der Waals surface area (Å²) in [6.07, 6.45) is 2.32. The molecule has 0 atom stereocenters. The van der Waals surface area contributed by atoms with Crippen LogP contribution in [0.2, 0.25) is 0 Å². The van der Waals surface area contributed by atoms with Crippen LogP contribution in [0.1, 0.15) is 29.5 Å². The normalized spacial score (nSPS) is 15.2. The number of aliphatic hydroxyl groups is 1. The molecule has 0 unspecified atom stereocenters. The first-order valence-corrected chi connectivity index (χ1v) is 8.84. The van der Waals surface area contributed by atoms with Gasteiger partial charge in [0.05, 0.1) is 13.0 Å². The lowest BCUT2D eigenvalue weighted by atomic mass is 10.0. The van der Waals surface area contributed by atoms with Crippen LogP contribution in [0.5, 0.6) is 5.75 Å². The molecule has 132 valence electrons. The van der Waals surface area contributed by atoms with Gasteiger partial charge in [-0.3, -0.25) is 4.79 Å². The average molecular weight is 339 g/mol. The third-order valence-electron chi connectivity index (χ3n) is 4.65. The van der Waals surface area contributed by atoms with Gasteiger partial charge in [0.25, 0.3) is 0 Å². The standard InChI is InChI=1S/C21H25NO3/c1-16-3-2-4-20(13-16)25-19-9-11-22(12-10-19)21(24)14-17-5-7-18(15-23)8-6-17/h2-8,13,19,23H,9-12,14-15H2,1H3. The van der Waals surface area contributed by atoms with E-state index in [2.05, 4.69) is 13.0 Å². The van der Waals surface area contributed by atoms with Crippen LogP contribution >= 0.6 is 0 Å². The fraction of sp³-hybridized carbons (Fsp3) is 0.381. The maximum atomic E-state index is 12.5. The highest BCUT2D eigenvalue weighted by Gasteiger charge is 2.24. The first-order chi connectivity index (χ1) is 12.1. The molecule has 0 spiro atoms. The van der Waals surface area contributed by atoms with E-state index in [-0.39, 0.29) is 18.6 Å². The monoisotopic (exact) mass is 339 g/mol. The summed E-state index contributed by atoms with van der Waals surface area (Å²) in [5.74, 6) is 1.07. The molecule has 3 rings (SSSR count). The van der Waals surface area contributed by atoms with Crippen molar-refractivity contribution in [1.82, 2.24) is 4.90 Å². The molecule has 1 saturated heterocycles. The predicted molar refractivity (Wildman–Crippen MR) is 97.5 cm³/mol. The molecule has 4 heteroatoms. The van der Waals surface area contributed by atoms with Gasteiger partial charge in [0, 0.05) is 25.9 Å². The fourth-order valence-corrected chi connectivity index (χ4v) is 3.15. The first kappa shape index (κ1) is 17.5. The highest BCUT2D eigenvalue weighted by molar-refractivity contribution is 5.78. The fourth-order valence-electron chi connectivity index (χ4n) is 3.15. The van der Waals surface area contributed by atoms with Crippen molar-refractivity contribution in [3.05, 3.63) is 65.2 Å². The molecule has 0 radical (unpaired) electrons. The van der Waals surface area contributed by atoms with E-state index in [0.29, 0.717) is 6.42 Å². The Bertz CT molecular complexity index is 703. The number of nitrogens with zero attached hydrogens (tertiary/aromatic N) is 1. The highest BCUT2D eigenvalue weighted by Crippen LogP contribution is 2.20. The van der Waals surface area contributed by atoms with Crippen LogP contribution in [0, 0.1) is 6.92 Å². The third-order valence-corrected chi connectivity index (χ3v) is 4.65. The molecule has 1 N–H and O–H groups in total. The zero-order valence-corrected chi connectivity index (χ0v) is 14.6. The number of likely N-dealkylation sites (tertiary alicyclic amines) is 1. The van der Waals surface area contributed by atoms with E-state index in [0.717, 1.165) is 42.8 Å². The number of amides is 1. The van der Waals surface area contributed by atoms with Gasteiger partial charge in [0.1, 0.15) is 11.9 Å². The largest absolute Gasteiger partial charge is 0.490 e. The van der Waals surface area contributed by atoms with Crippen molar-refractivity contribution in [2.24, 2.45) is 0 Å². The Morgan fingerprint density at radius 3 is 2.44 bits per heavy atom. The van der Waals surface area contributed by atoms with E-state index in [9.17, 15) is 4.79 Å². The Labute approximate surface area is 149 Å². The molecule has 1 aliphatic rings. The molecule has 1 fully saturated rings. The number of carbonyl (C=O) groups excluding carboxylic acids is 1. The number of piperidine rings is 1. The van der Waals surface area contributed by atoms with Gasteiger partial charge in [0.2, 0.25) is 5.91 Å². The molecule has 2 aromatic rings. The van der Waals surface area contributed by atoms with Gasteiger partial charge in [-0.15, -0.1) is 0 Å². The molecule has 25 heavy (non-hydrogen) atoms. The second-order valence-corrected chi connectivity index (χ2v) is 6.67. The molecule has 2 aromatic carbocycles. The van der Waals surface area contributed by atoms with Crippen molar-refractivity contribution in [3.8, 4) is 5.75 Å². The number of aryl methyl sites for hydroxylation is 1. The Morgan fingerprint density at radius 2 is 1.80 bits per heavy atom. The summed E-state index contributed by atoms with van der Waals surface area (Å²) in [7, 11) is 0. The van der Waals surface area contributed by atoms with Gasteiger partial charge in [-0.05, 0) is 35.7 Å². The van der Waals surface area contributed by atoms with Gasteiger partial charge >= 0.3 is 0 Å². The minimum Gasteiger partial charge on any atom is -0.490 e. The molecule has 0 aliphatic carbocycles. The maximum Gasteiger partial charge on any atom is 0.226 e. The number of ether oxygens (including phenoxy) is 1. The molecule has 1 heterocycles. The minimum absolute atomic E-state index is 0.0304. The SMILES string of the molecule is Cc1cccc(OC2CCN(C(=O)Cc3ccc(CO)cc3)CC2)c1. The zero-order valence-electron chi connectivity index (χ0n) is 14.6. The summed E-state index contributed by atoms with van der Waals surface area (Å²) in [5, 5.41) is 9.07. The second kappa shape index (κ2) is 8.17. The van der Waals surface area contributed by atoms with Gasteiger partial charge in [-0.25, -0.2) is 0 Å². The molecule has 0 aromatic heterocycles. The van der Waals surface area contributed by atoms with Gasteiger partial charge in [-0.2, -0.15) is 0 Å². The smallest absolute Gasteiger partial charge is 0.226 e. The van der Waals surface area contributed by atoms with Crippen LogP contribution in [-0.4, -0.2) is 35.1 Å². The lowest BCUT2D eigenvalue weighted by Gasteiger charge is -2.32. The number of benzene rings is 2. The zero-order chi connectivity index (χ0) is 17.6. The van der Waals surface area contributed by atoms with Crippen molar-refractivity contribution in [3.63, 3.8) is 0 Å². The lowest BCUT2D eigenvalue weighted by molar-refractivity contribution is -0.132. The Hall–Kier alpha value is -2.33. The van der Waals surface area contributed by atoms with Crippen LogP contribution in [0.15, 0.2) is 48.5 Å². The molecule has 4 nitrogen and oxygen atoms in total. The average Bonchev–Trinajstić information content (AvgIpc) is 2.63. The Balaban J connectivity index is 1.48. The van der Waals surface area contributed by atoms with Crippen molar-refractivity contribution in [2.45, 2.75) is 38.9 Å². The van der Waals surface area contributed by atoms with E-state index in [1.165, 1.54) is 5.56 Å². The van der Waals surface area contributed by atoms with Crippen LogP contribution in [-0.2, 0) is 17.8 Å². The third kappa shape index (κ3) is 4.83. The van der Waals surface area contributed by atoms with Gasteiger partial charge in [0.15, 0.2) is 0 Å². The number of hydrogen-bond acceptors (Lipinski definition) is 3. The van der Waals surface area contributed by atoms with Crippen LogP contribution in [0.3, 0.4) is 0 Å². The van der Waals surface area contributed by atoms with E-state index in [4.69, 9.17) is 9.84 Å². The quantitative estimate of drug-likeness (QED) is 0.911. The van der Waals surface area contributed by atoms with E-state index in [1.807, 2.05) is 47.4 Å². The molecular weight excluding hydrogens is 314 g/mol. The molecule has 0 bridgehead atoms. The van der Waals surface area contributed by atoms with Crippen molar-refractivity contribution >= 4 is 5.91 Å². The highest BCUT2D eigenvalue weighted by atomic mass is 16.5. The van der Waals surface area contributed by atoms with Crippen molar-refractivity contribution < 1.29 is 14.6 Å². The van der Waals surface area contributed by atoms with Gasteiger partial charge < -0.3 is 14.7 Å². The van der Waals surface area contributed by atoms with Gasteiger partial charge in [-0.1, -0.05) is 36.4 Å². The summed E-state index contributed by atoms with van der Waals surface area (Å²) in [5.41, 5.74) is 3.04. The molecular formula is C21H25NO3. The van der Waals surface area contributed by atoms with Crippen LogP contribution in [0.4, 0.5) is 0 Å². The topological polar surface area (TPSA) is 49.8 Å². The molecule has 0 saturated carbocycles. The van der Waals surface area contributed by atoms with Crippen molar-refractivity contribution in [1.29, 1.82) is 0 Å². The molecule has 1 amide bonds. The summed E-state index contributed by atoms with van der Waals surface area (Å²) in [6.45, 7) is 3.57. The summed E-state index contributed by atoms with van der Waals surface area (Å²) in [6, 6.07) is 15.7. The summed E-state index contributed by atoms with van der Waals surface area (Å²) in [4.78, 5) is 14.4. The van der Waals surface area contributed by atoms with Crippen LogP contribution in [0.25, 0.3) is 0 Å². The number of aliphatic hydroxyl groups excluding tert-OH is 1. The molecule has 1 aliphatic heterocycles. The van der Waals surface area contributed by atoms with E-state index < -0.39 is 0 Å². The Morgan fingerprint density at radius 1 is 1.12 bits per heavy atom. The second-order valence-electron chi connectivity index (χ2n) is 6.67. The lowest BCUT2D eigenvalue weighted by Crippen LogP contribution is -2.42. The van der Waals surface area contributed by atoms with Crippen molar-refractivity contribution in [2.75, 3.05) is 13.1 Å². The first-order valence-electron chi connectivity index (χ1n) is 8.84. The van der Waals surface area contributed by atoms with E-state index in [1.54, 1.807) is 0 Å². The number of carbonyl (C=O) groups is 1. The summed E-state index contributed by atoms with van der Waals surface area (Å²) < 4.78 is 6.05.